The summed E-state index contributed by atoms with van der Waals surface area (Å²) >= 11 is 0. The zero-order valence-corrected chi connectivity index (χ0v) is 13.2. The molecule has 6 heteroatoms. The summed E-state index contributed by atoms with van der Waals surface area (Å²) in [4.78, 5) is 12.1. The van der Waals surface area contributed by atoms with Gasteiger partial charge in [-0.05, 0) is 38.6 Å². The van der Waals surface area contributed by atoms with E-state index < -0.39 is 6.10 Å². The van der Waals surface area contributed by atoms with Gasteiger partial charge < -0.3 is 20.1 Å². The zero-order valence-electron chi connectivity index (χ0n) is 12.4. The second-order valence-corrected chi connectivity index (χ2v) is 5.70. The summed E-state index contributed by atoms with van der Waals surface area (Å²) in [6.45, 7) is 7.23. The van der Waals surface area contributed by atoms with E-state index >= 15 is 0 Å². The third kappa shape index (κ3) is 5.20. The molecule has 0 spiro atoms. The zero-order chi connectivity index (χ0) is 13.7. The van der Waals surface area contributed by atoms with Gasteiger partial charge in [0.2, 0.25) is 5.91 Å². The molecule has 2 aliphatic rings. The van der Waals surface area contributed by atoms with Crippen molar-refractivity contribution >= 4 is 18.3 Å². The summed E-state index contributed by atoms with van der Waals surface area (Å²) in [5.41, 5.74) is 0. The molecule has 2 saturated heterocycles. The van der Waals surface area contributed by atoms with Crippen LogP contribution in [-0.4, -0.2) is 50.5 Å². The summed E-state index contributed by atoms with van der Waals surface area (Å²) < 4.78 is 11.1. The maximum atomic E-state index is 12.1. The van der Waals surface area contributed by atoms with Crippen LogP contribution in [0.5, 0.6) is 0 Å². The number of rotatable bonds is 5. The van der Waals surface area contributed by atoms with Crippen LogP contribution in [0.25, 0.3) is 0 Å². The molecule has 5 nitrogen and oxygen atoms in total. The molecule has 2 rings (SSSR count). The van der Waals surface area contributed by atoms with E-state index in [0.29, 0.717) is 12.5 Å². The number of nitrogens with one attached hydrogen (secondary N) is 2. The SMILES string of the molecule is CC(OCC1CCCO1)C(=O)NC1CNCCC1C.Cl. The highest BCUT2D eigenvalue weighted by molar-refractivity contribution is 5.85. The lowest BCUT2D eigenvalue weighted by Gasteiger charge is -2.31. The van der Waals surface area contributed by atoms with Crippen molar-refractivity contribution < 1.29 is 14.3 Å². The Morgan fingerprint density at radius 2 is 2.30 bits per heavy atom. The highest BCUT2D eigenvalue weighted by atomic mass is 35.5. The fourth-order valence-electron chi connectivity index (χ4n) is 2.59. The van der Waals surface area contributed by atoms with Crippen LogP contribution in [0, 0.1) is 5.92 Å². The highest BCUT2D eigenvalue weighted by Crippen LogP contribution is 2.14. The van der Waals surface area contributed by atoms with Crippen LogP contribution in [0.15, 0.2) is 0 Å². The van der Waals surface area contributed by atoms with Crippen LogP contribution in [0.1, 0.15) is 33.1 Å². The van der Waals surface area contributed by atoms with Crippen LogP contribution in [0.2, 0.25) is 0 Å². The predicted octanol–water partition coefficient (Wildman–Crippen LogP) is 1.11. The summed E-state index contributed by atoms with van der Waals surface area (Å²) in [6, 6.07) is 0.218. The maximum Gasteiger partial charge on any atom is 0.249 e. The van der Waals surface area contributed by atoms with Gasteiger partial charge in [-0.3, -0.25) is 4.79 Å². The van der Waals surface area contributed by atoms with Crippen molar-refractivity contribution in [2.24, 2.45) is 5.92 Å². The van der Waals surface area contributed by atoms with E-state index in [1.54, 1.807) is 0 Å². The van der Waals surface area contributed by atoms with E-state index in [1.807, 2.05) is 6.92 Å². The summed E-state index contributed by atoms with van der Waals surface area (Å²) in [5.74, 6) is 0.508. The van der Waals surface area contributed by atoms with Gasteiger partial charge in [-0.2, -0.15) is 0 Å². The van der Waals surface area contributed by atoms with Gasteiger partial charge in [0.1, 0.15) is 6.10 Å². The molecule has 0 aliphatic carbocycles. The average Bonchev–Trinajstić information content (AvgIpc) is 2.91. The minimum Gasteiger partial charge on any atom is -0.376 e. The van der Waals surface area contributed by atoms with E-state index in [0.717, 1.165) is 39.0 Å². The predicted molar refractivity (Wildman–Crippen MR) is 80.2 cm³/mol. The van der Waals surface area contributed by atoms with Crippen LogP contribution in [-0.2, 0) is 14.3 Å². The Morgan fingerprint density at radius 3 is 2.95 bits per heavy atom. The Balaban J connectivity index is 0.00000200. The topological polar surface area (TPSA) is 59.6 Å². The van der Waals surface area contributed by atoms with Crippen molar-refractivity contribution in [1.29, 1.82) is 0 Å². The second-order valence-electron chi connectivity index (χ2n) is 5.70. The molecule has 4 atom stereocenters. The maximum absolute atomic E-state index is 12.1. The van der Waals surface area contributed by atoms with Crippen LogP contribution >= 0.6 is 12.4 Å². The first-order chi connectivity index (χ1) is 9.16. The minimum absolute atomic E-state index is 0. The first-order valence-corrected chi connectivity index (χ1v) is 7.41. The molecule has 2 heterocycles. The van der Waals surface area contributed by atoms with Crippen molar-refractivity contribution in [3.05, 3.63) is 0 Å². The molecule has 0 aromatic rings. The first-order valence-electron chi connectivity index (χ1n) is 7.41. The molecule has 1 amide bonds. The Morgan fingerprint density at radius 1 is 1.50 bits per heavy atom. The van der Waals surface area contributed by atoms with Crippen molar-refractivity contribution in [3.8, 4) is 0 Å². The fourth-order valence-corrected chi connectivity index (χ4v) is 2.59. The fraction of sp³-hybridized carbons (Fsp3) is 0.929. The average molecular weight is 307 g/mol. The molecule has 20 heavy (non-hydrogen) atoms. The van der Waals surface area contributed by atoms with Crippen LogP contribution < -0.4 is 10.6 Å². The molecule has 4 unspecified atom stereocenters. The Labute approximate surface area is 127 Å². The molecular formula is C14H27ClN2O3. The van der Waals surface area contributed by atoms with Gasteiger partial charge in [-0.1, -0.05) is 6.92 Å². The summed E-state index contributed by atoms with van der Waals surface area (Å²) in [5, 5.41) is 6.39. The number of carbonyl (C=O) groups excluding carboxylic acids is 1. The van der Waals surface area contributed by atoms with E-state index in [-0.39, 0.29) is 30.5 Å². The normalized spacial score (nSPS) is 31.4. The van der Waals surface area contributed by atoms with Crippen molar-refractivity contribution in [2.75, 3.05) is 26.3 Å². The van der Waals surface area contributed by atoms with Gasteiger partial charge in [0, 0.05) is 19.2 Å². The molecule has 0 bridgehead atoms. The van der Waals surface area contributed by atoms with Gasteiger partial charge >= 0.3 is 0 Å². The molecule has 0 saturated carbocycles. The molecule has 2 aliphatic heterocycles. The molecule has 0 aromatic heterocycles. The van der Waals surface area contributed by atoms with Crippen molar-refractivity contribution in [3.63, 3.8) is 0 Å². The second kappa shape index (κ2) is 8.82. The number of halogens is 1. The number of piperidine rings is 1. The van der Waals surface area contributed by atoms with Crippen molar-refractivity contribution in [1.82, 2.24) is 10.6 Å². The van der Waals surface area contributed by atoms with Gasteiger partial charge in [-0.25, -0.2) is 0 Å². The van der Waals surface area contributed by atoms with E-state index in [1.165, 1.54) is 0 Å². The lowest BCUT2D eigenvalue weighted by Crippen LogP contribution is -2.52. The Hall–Kier alpha value is -0.360. The summed E-state index contributed by atoms with van der Waals surface area (Å²) in [7, 11) is 0. The third-order valence-corrected chi connectivity index (χ3v) is 4.08. The molecule has 0 radical (unpaired) electrons. The van der Waals surface area contributed by atoms with Gasteiger partial charge in [0.05, 0.1) is 12.7 Å². The molecule has 118 valence electrons. The monoisotopic (exact) mass is 306 g/mol. The van der Waals surface area contributed by atoms with Gasteiger partial charge in [-0.15, -0.1) is 12.4 Å². The number of hydrogen-bond donors (Lipinski definition) is 2. The Kier molecular flexibility index (Phi) is 7.80. The molecule has 2 N–H and O–H groups in total. The molecule has 0 aromatic carbocycles. The number of amides is 1. The smallest absolute Gasteiger partial charge is 0.249 e. The van der Waals surface area contributed by atoms with Crippen LogP contribution in [0.3, 0.4) is 0 Å². The minimum atomic E-state index is -0.404. The molecule has 2 fully saturated rings. The van der Waals surface area contributed by atoms with Crippen molar-refractivity contribution in [2.45, 2.75) is 51.4 Å². The standard InChI is InChI=1S/C14H26N2O3.ClH/c1-10-5-6-15-8-13(10)16-14(17)11(2)19-9-12-4-3-7-18-12;/h10-13,15H,3-9H2,1-2H3,(H,16,17);1H. The largest absolute Gasteiger partial charge is 0.376 e. The molecular weight excluding hydrogens is 280 g/mol. The quantitative estimate of drug-likeness (QED) is 0.799. The summed E-state index contributed by atoms with van der Waals surface area (Å²) in [6.07, 6.45) is 3.01. The van der Waals surface area contributed by atoms with E-state index in [9.17, 15) is 4.79 Å². The lowest BCUT2D eigenvalue weighted by atomic mass is 9.95. The lowest BCUT2D eigenvalue weighted by molar-refractivity contribution is -0.134. The van der Waals surface area contributed by atoms with Gasteiger partial charge in [0.25, 0.3) is 0 Å². The third-order valence-electron chi connectivity index (χ3n) is 4.08. The number of hydrogen-bond acceptors (Lipinski definition) is 4. The van der Waals surface area contributed by atoms with E-state index in [4.69, 9.17) is 9.47 Å². The highest BCUT2D eigenvalue weighted by Gasteiger charge is 2.25. The van der Waals surface area contributed by atoms with E-state index in [2.05, 4.69) is 17.6 Å². The van der Waals surface area contributed by atoms with Crippen LogP contribution in [0.4, 0.5) is 0 Å². The first kappa shape index (κ1) is 17.7. The number of ether oxygens (including phenoxy) is 2. The van der Waals surface area contributed by atoms with Gasteiger partial charge in [0.15, 0.2) is 0 Å². The Bertz CT molecular complexity index is 298. The number of carbonyl (C=O) groups is 1.